The lowest BCUT2D eigenvalue weighted by Gasteiger charge is -2.22. The molecule has 0 saturated heterocycles. The van der Waals surface area contributed by atoms with Crippen molar-refractivity contribution in [2.45, 2.75) is 50.5 Å². The molecule has 1 aliphatic carbocycles. The Bertz CT molecular complexity index is 423. The third-order valence-electron chi connectivity index (χ3n) is 3.47. The van der Waals surface area contributed by atoms with Crippen LogP contribution in [0.1, 0.15) is 55.6 Å². The molecule has 5 nitrogen and oxygen atoms in total. The van der Waals surface area contributed by atoms with Gasteiger partial charge in [-0.25, -0.2) is 0 Å². The van der Waals surface area contributed by atoms with Crippen LogP contribution in [-0.2, 0) is 11.3 Å². The normalized spacial score (nSPS) is 24.1. The van der Waals surface area contributed by atoms with Gasteiger partial charge < -0.3 is 9.67 Å². The fourth-order valence-corrected chi connectivity index (χ4v) is 2.53. The maximum Gasteiger partial charge on any atom is 0.304 e. The number of carboxylic acids is 1. The summed E-state index contributed by atoms with van der Waals surface area (Å²) in [6.45, 7) is 0.963. The van der Waals surface area contributed by atoms with Crippen molar-refractivity contribution in [1.29, 1.82) is 0 Å². The molecule has 0 aromatic carbocycles. The number of carbonyl (C=O) groups is 1. The molecule has 5 heteroatoms. The van der Waals surface area contributed by atoms with E-state index in [0.717, 1.165) is 31.0 Å². The molecule has 0 spiro atoms. The van der Waals surface area contributed by atoms with Gasteiger partial charge in [0.2, 0.25) is 0 Å². The minimum atomic E-state index is -0.741. The van der Waals surface area contributed by atoms with E-state index in [1.807, 2.05) is 0 Å². The molecule has 0 radical (unpaired) electrons. The van der Waals surface area contributed by atoms with E-state index in [-0.39, 0.29) is 12.3 Å². The fraction of sp³-hybridized carbons (Fsp3) is 0.727. The van der Waals surface area contributed by atoms with Crippen molar-refractivity contribution in [3.05, 3.63) is 11.6 Å². The summed E-state index contributed by atoms with van der Waals surface area (Å²) < 4.78 is 2.16. The standard InChI is InChI=1S/C11H15N3O2/c15-9(16)6-8-2-1-5-14-10(7-3-4-7)12-13-11(8)14/h7-8H,1-6H2,(H,15,16). The molecule has 86 valence electrons. The quantitative estimate of drug-likeness (QED) is 0.840. The molecule has 1 atom stereocenters. The molecule has 1 aromatic heterocycles. The predicted octanol–water partition coefficient (Wildman–Crippen LogP) is 1.51. The largest absolute Gasteiger partial charge is 0.481 e. The molecule has 0 bridgehead atoms. The van der Waals surface area contributed by atoms with Crippen molar-refractivity contribution in [3.8, 4) is 0 Å². The van der Waals surface area contributed by atoms with Gasteiger partial charge in [-0.2, -0.15) is 0 Å². The highest BCUT2D eigenvalue weighted by Gasteiger charge is 2.33. The second kappa shape index (κ2) is 3.57. The van der Waals surface area contributed by atoms with Crippen LogP contribution in [0.3, 0.4) is 0 Å². The van der Waals surface area contributed by atoms with Crippen LogP contribution in [0.4, 0.5) is 0 Å². The summed E-state index contributed by atoms with van der Waals surface area (Å²) >= 11 is 0. The third-order valence-corrected chi connectivity index (χ3v) is 3.47. The first-order valence-electron chi connectivity index (χ1n) is 5.90. The van der Waals surface area contributed by atoms with E-state index < -0.39 is 5.97 Å². The number of nitrogens with zero attached hydrogens (tertiary/aromatic N) is 3. The second-order valence-corrected chi connectivity index (χ2v) is 4.78. The van der Waals surface area contributed by atoms with Gasteiger partial charge in [-0.3, -0.25) is 4.79 Å². The zero-order valence-corrected chi connectivity index (χ0v) is 9.09. The van der Waals surface area contributed by atoms with Gasteiger partial charge in [-0.05, 0) is 25.7 Å². The molecule has 1 aromatic rings. The Morgan fingerprint density at radius 1 is 1.31 bits per heavy atom. The smallest absolute Gasteiger partial charge is 0.304 e. The average molecular weight is 221 g/mol. The molecule has 1 saturated carbocycles. The highest BCUT2D eigenvalue weighted by molar-refractivity contribution is 5.67. The minimum Gasteiger partial charge on any atom is -0.481 e. The summed E-state index contributed by atoms with van der Waals surface area (Å²) in [5.74, 6) is 1.89. The lowest BCUT2D eigenvalue weighted by atomic mass is 9.95. The van der Waals surface area contributed by atoms with Gasteiger partial charge in [0.15, 0.2) is 0 Å². The van der Waals surface area contributed by atoms with Crippen molar-refractivity contribution in [2.24, 2.45) is 0 Å². The lowest BCUT2D eigenvalue weighted by Crippen LogP contribution is -2.19. The highest BCUT2D eigenvalue weighted by atomic mass is 16.4. The Hall–Kier alpha value is -1.39. The first kappa shape index (κ1) is 9.81. The SMILES string of the molecule is O=C(O)CC1CCCn2c(C3CC3)nnc21. The molecule has 1 fully saturated rings. The Morgan fingerprint density at radius 3 is 2.75 bits per heavy atom. The molecule has 0 amide bonds. The number of carboxylic acid groups (broad SMARTS) is 1. The summed E-state index contributed by atoms with van der Waals surface area (Å²) in [7, 11) is 0. The third kappa shape index (κ3) is 1.60. The van der Waals surface area contributed by atoms with E-state index in [1.54, 1.807) is 0 Å². The van der Waals surface area contributed by atoms with Crippen LogP contribution < -0.4 is 0 Å². The van der Waals surface area contributed by atoms with Crippen LogP contribution in [0, 0.1) is 0 Å². The summed E-state index contributed by atoms with van der Waals surface area (Å²) in [5.41, 5.74) is 0. The summed E-state index contributed by atoms with van der Waals surface area (Å²) in [5, 5.41) is 17.3. The first-order chi connectivity index (χ1) is 7.75. The number of fused-ring (bicyclic) bond motifs is 1. The molecule has 3 rings (SSSR count). The van der Waals surface area contributed by atoms with E-state index in [4.69, 9.17) is 5.11 Å². The van der Waals surface area contributed by atoms with Crippen molar-refractivity contribution in [3.63, 3.8) is 0 Å². The van der Waals surface area contributed by atoms with Crippen molar-refractivity contribution in [2.75, 3.05) is 0 Å². The van der Waals surface area contributed by atoms with E-state index in [0.29, 0.717) is 5.92 Å². The maximum atomic E-state index is 10.8. The summed E-state index contributed by atoms with van der Waals surface area (Å²) in [6.07, 6.45) is 4.57. The number of hydrogen-bond acceptors (Lipinski definition) is 3. The first-order valence-corrected chi connectivity index (χ1v) is 5.90. The van der Waals surface area contributed by atoms with Crippen molar-refractivity contribution in [1.82, 2.24) is 14.8 Å². The van der Waals surface area contributed by atoms with Gasteiger partial charge in [0, 0.05) is 18.4 Å². The number of rotatable bonds is 3. The van der Waals surface area contributed by atoms with E-state index in [9.17, 15) is 4.79 Å². The number of hydrogen-bond donors (Lipinski definition) is 1. The number of aliphatic carboxylic acids is 1. The summed E-state index contributed by atoms with van der Waals surface area (Å²) in [4.78, 5) is 10.8. The van der Waals surface area contributed by atoms with Crippen molar-refractivity contribution >= 4 is 5.97 Å². The van der Waals surface area contributed by atoms with E-state index in [2.05, 4.69) is 14.8 Å². The maximum absolute atomic E-state index is 10.8. The van der Waals surface area contributed by atoms with Crippen LogP contribution in [0.25, 0.3) is 0 Å². The van der Waals surface area contributed by atoms with Crippen LogP contribution in [0.2, 0.25) is 0 Å². The van der Waals surface area contributed by atoms with Gasteiger partial charge in [0.1, 0.15) is 11.6 Å². The number of aromatic nitrogens is 3. The highest BCUT2D eigenvalue weighted by Crippen LogP contribution is 2.41. The van der Waals surface area contributed by atoms with E-state index in [1.165, 1.54) is 12.8 Å². The molecule has 2 heterocycles. The molecule has 16 heavy (non-hydrogen) atoms. The molecule has 2 aliphatic rings. The van der Waals surface area contributed by atoms with Gasteiger partial charge in [0.25, 0.3) is 0 Å². The fourth-order valence-electron chi connectivity index (χ4n) is 2.53. The van der Waals surface area contributed by atoms with E-state index >= 15 is 0 Å². The van der Waals surface area contributed by atoms with Crippen LogP contribution in [-0.4, -0.2) is 25.8 Å². The van der Waals surface area contributed by atoms with Crippen LogP contribution >= 0.6 is 0 Å². The molecule has 1 unspecified atom stereocenters. The molecular weight excluding hydrogens is 206 g/mol. The second-order valence-electron chi connectivity index (χ2n) is 4.78. The Kier molecular flexibility index (Phi) is 2.19. The topological polar surface area (TPSA) is 68.0 Å². The average Bonchev–Trinajstić information content (AvgIpc) is 2.98. The Morgan fingerprint density at radius 2 is 2.06 bits per heavy atom. The molecule has 1 N–H and O–H groups in total. The van der Waals surface area contributed by atoms with Crippen molar-refractivity contribution < 1.29 is 9.90 Å². The Labute approximate surface area is 93.5 Å². The summed E-state index contributed by atoms with van der Waals surface area (Å²) in [6, 6.07) is 0. The van der Waals surface area contributed by atoms with Gasteiger partial charge in [-0.15, -0.1) is 10.2 Å². The molecule has 1 aliphatic heterocycles. The van der Waals surface area contributed by atoms with Crippen LogP contribution in [0.5, 0.6) is 0 Å². The minimum absolute atomic E-state index is 0.0613. The monoisotopic (exact) mass is 221 g/mol. The van der Waals surface area contributed by atoms with Gasteiger partial charge in [-0.1, -0.05) is 0 Å². The zero-order valence-electron chi connectivity index (χ0n) is 9.09. The predicted molar refractivity (Wildman–Crippen MR) is 56.2 cm³/mol. The lowest BCUT2D eigenvalue weighted by molar-refractivity contribution is -0.137. The Balaban J connectivity index is 1.90. The molecular formula is C11H15N3O2. The zero-order chi connectivity index (χ0) is 11.1. The van der Waals surface area contributed by atoms with Gasteiger partial charge in [0.05, 0.1) is 6.42 Å². The van der Waals surface area contributed by atoms with Gasteiger partial charge >= 0.3 is 5.97 Å². The van der Waals surface area contributed by atoms with Crippen LogP contribution in [0.15, 0.2) is 0 Å².